The minimum absolute atomic E-state index is 0.0587. The van der Waals surface area contributed by atoms with E-state index in [2.05, 4.69) is 4.98 Å². The lowest BCUT2D eigenvalue weighted by molar-refractivity contribution is 0.191. The van der Waals surface area contributed by atoms with Crippen LogP contribution in [0.3, 0.4) is 0 Å². The molecule has 0 amide bonds. The molecule has 3 N–H and O–H groups in total. The number of hydrogen-bond donors (Lipinski definition) is 3. The molecule has 1 unspecified atom stereocenters. The van der Waals surface area contributed by atoms with Crippen LogP contribution in [0.25, 0.3) is 16.8 Å². The molecule has 0 fully saturated rings. The van der Waals surface area contributed by atoms with Gasteiger partial charge in [-0.05, 0) is 30.7 Å². The average Bonchev–Trinajstić information content (AvgIpc) is 2.57. The van der Waals surface area contributed by atoms with Crippen molar-refractivity contribution < 1.29 is 15.3 Å². The number of aliphatic hydroxyl groups excluding tert-OH is 1. The van der Waals surface area contributed by atoms with Crippen molar-refractivity contribution in [1.82, 2.24) is 9.55 Å². The summed E-state index contributed by atoms with van der Waals surface area (Å²) in [5.41, 5.74) is 2.15. The Balaban J connectivity index is 2.14. The van der Waals surface area contributed by atoms with Crippen LogP contribution in [0, 0.1) is 0 Å². The van der Waals surface area contributed by atoms with E-state index in [1.807, 2.05) is 18.2 Å². The van der Waals surface area contributed by atoms with Crippen molar-refractivity contribution in [2.45, 2.75) is 13.0 Å². The maximum atomic E-state index is 11.6. The van der Waals surface area contributed by atoms with Crippen molar-refractivity contribution in [3.63, 3.8) is 0 Å². The monoisotopic (exact) mass is 324 g/mol. The SMILES string of the molecule is CC(O)c1cc(=O)c(O)cn1-c1cccc(-c2ccc(O)nc2)c1. The van der Waals surface area contributed by atoms with E-state index < -0.39 is 17.3 Å². The molecule has 1 aromatic carbocycles. The first-order chi connectivity index (χ1) is 11.5. The summed E-state index contributed by atoms with van der Waals surface area (Å²) in [5, 5.41) is 28.9. The molecule has 0 aliphatic carbocycles. The number of rotatable bonds is 3. The van der Waals surface area contributed by atoms with Crippen LogP contribution in [0.1, 0.15) is 18.7 Å². The Labute approximate surface area is 137 Å². The van der Waals surface area contributed by atoms with Crippen molar-refractivity contribution in [1.29, 1.82) is 0 Å². The lowest BCUT2D eigenvalue weighted by atomic mass is 10.1. The van der Waals surface area contributed by atoms with Crippen LogP contribution < -0.4 is 5.43 Å². The quantitative estimate of drug-likeness (QED) is 0.687. The summed E-state index contributed by atoms with van der Waals surface area (Å²) in [6.45, 7) is 1.55. The Kier molecular flexibility index (Phi) is 4.05. The molecule has 2 aromatic heterocycles. The molecular weight excluding hydrogens is 308 g/mol. The maximum Gasteiger partial charge on any atom is 0.223 e. The van der Waals surface area contributed by atoms with E-state index in [0.29, 0.717) is 11.4 Å². The molecule has 3 aromatic rings. The van der Waals surface area contributed by atoms with E-state index in [1.165, 1.54) is 18.3 Å². The second-order valence-corrected chi connectivity index (χ2v) is 5.45. The van der Waals surface area contributed by atoms with E-state index in [4.69, 9.17) is 0 Å². The van der Waals surface area contributed by atoms with Crippen LogP contribution >= 0.6 is 0 Å². The third-order valence-corrected chi connectivity index (χ3v) is 3.69. The minimum Gasteiger partial charge on any atom is -0.503 e. The van der Waals surface area contributed by atoms with E-state index in [1.54, 1.807) is 29.8 Å². The van der Waals surface area contributed by atoms with Crippen molar-refractivity contribution >= 4 is 0 Å². The van der Waals surface area contributed by atoms with E-state index in [9.17, 15) is 20.1 Å². The van der Waals surface area contributed by atoms with Gasteiger partial charge in [-0.2, -0.15) is 0 Å². The largest absolute Gasteiger partial charge is 0.503 e. The number of nitrogens with zero attached hydrogens (tertiary/aromatic N) is 2. The van der Waals surface area contributed by atoms with Crippen LogP contribution in [-0.2, 0) is 0 Å². The smallest absolute Gasteiger partial charge is 0.223 e. The fourth-order valence-electron chi connectivity index (χ4n) is 2.48. The molecule has 0 aliphatic heterocycles. The predicted octanol–water partition coefficient (Wildman–Crippen LogP) is 2.36. The third-order valence-electron chi connectivity index (χ3n) is 3.69. The molecule has 122 valence electrons. The molecule has 0 bridgehead atoms. The first-order valence-corrected chi connectivity index (χ1v) is 7.35. The zero-order valence-corrected chi connectivity index (χ0v) is 12.9. The average molecular weight is 324 g/mol. The van der Waals surface area contributed by atoms with E-state index >= 15 is 0 Å². The van der Waals surface area contributed by atoms with Crippen LogP contribution in [0.15, 0.2) is 59.7 Å². The Morgan fingerprint density at radius 3 is 2.54 bits per heavy atom. The number of aromatic hydroxyl groups is 2. The van der Waals surface area contributed by atoms with Gasteiger partial charge in [0.1, 0.15) is 0 Å². The Morgan fingerprint density at radius 2 is 1.88 bits per heavy atom. The van der Waals surface area contributed by atoms with Crippen LogP contribution in [-0.4, -0.2) is 24.9 Å². The summed E-state index contributed by atoms with van der Waals surface area (Å²) in [4.78, 5) is 15.5. The first kappa shape index (κ1) is 15.8. The molecule has 0 saturated heterocycles. The van der Waals surface area contributed by atoms with Crippen molar-refractivity contribution in [3.8, 4) is 28.4 Å². The predicted molar refractivity (Wildman–Crippen MR) is 89.2 cm³/mol. The number of aromatic nitrogens is 2. The fourth-order valence-corrected chi connectivity index (χ4v) is 2.48. The molecule has 6 heteroatoms. The van der Waals surface area contributed by atoms with Gasteiger partial charge in [0.25, 0.3) is 0 Å². The molecule has 6 nitrogen and oxygen atoms in total. The highest BCUT2D eigenvalue weighted by molar-refractivity contribution is 5.65. The molecule has 0 radical (unpaired) electrons. The van der Waals surface area contributed by atoms with Crippen LogP contribution in [0.2, 0.25) is 0 Å². The lowest BCUT2D eigenvalue weighted by Crippen LogP contribution is -2.13. The normalized spacial score (nSPS) is 12.1. The van der Waals surface area contributed by atoms with Gasteiger partial charge in [-0.15, -0.1) is 0 Å². The zero-order valence-electron chi connectivity index (χ0n) is 12.9. The highest BCUT2D eigenvalue weighted by atomic mass is 16.3. The van der Waals surface area contributed by atoms with Gasteiger partial charge in [-0.25, -0.2) is 4.98 Å². The molecule has 24 heavy (non-hydrogen) atoms. The van der Waals surface area contributed by atoms with Crippen molar-refractivity contribution in [2.24, 2.45) is 0 Å². The molecular formula is C18H16N2O4. The van der Waals surface area contributed by atoms with Crippen LogP contribution in [0.4, 0.5) is 0 Å². The second kappa shape index (κ2) is 6.17. The number of benzene rings is 1. The number of hydrogen-bond acceptors (Lipinski definition) is 5. The number of pyridine rings is 2. The Hall–Kier alpha value is -3.12. The summed E-state index contributed by atoms with van der Waals surface area (Å²) in [6, 6.07) is 11.8. The summed E-state index contributed by atoms with van der Waals surface area (Å²) < 4.78 is 1.57. The van der Waals surface area contributed by atoms with Gasteiger partial charge in [-0.1, -0.05) is 12.1 Å². The van der Waals surface area contributed by atoms with Gasteiger partial charge in [-0.3, -0.25) is 4.79 Å². The second-order valence-electron chi connectivity index (χ2n) is 5.45. The Bertz CT molecular complexity index is 930. The highest BCUT2D eigenvalue weighted by Gasteiger charge is 2.12. The molecule has 1 atom stereocenters. The van der Waals surface area contributed by atoms with Gasteiger partial charge < -0.3 is 19.9 Å². The van der Waals surface area contributed by atoms with E-state index in [0.717, 1.165) is 11.1 Å². The standard InChI is InChI=1S/C18H16N2O4/c1-11(21)15-8-16(22)17(23)10-20(15)14-4-2-3-12(7-14)13-5-6-18(24)19-9-13/h2-11,21,23H,1H3,(H,19,24). The lowest BCUT2D eigenvalue weighted by Gasteiger charge is -2.16. The fraction of sp³-hybridized carbons (Fsp3) is 0.111. The first-order valence-electron chi connectivity index (χ1n) is 7.35. The topological polar surface area (TPSA) is 95.6 Å². The number of aliphatic hydroxyl groups is 1. The van der Waals surface area contributed by atoms with Crippen LogP contribution in [0.5, 0.6) is 11.6 Å². The van der Waals surface area contributed by atoms with Gasteiger partial charge in [0.2, 0.25) is 11.3 Å². The summed E-state index contributed by atoms with van der Waals surface area (Å²) in [5.74, 6) is -0.451. The minimum atomic E-state index is -0.878. The zero-order chi connectivity index (χ0) is 17.3. The molecule has 0 spiro atoms. The molecule has 0 saturated carbocycles. The van der Waals surface area contributed by atoms with Crippen molar-refractivity contribution in [2.75, 3.05) is 0 Å². The van der Waals surface area contributed by atoms with Gasteiger partial charge in [0.05, 0.1) is 18.0 Å². The summed E-state index contributed by atoms with van der Waals surface area (Å²) >= 11 is 0. The van der Waals surface area contributed by atoms with Gasteiger partial charge >= 0.3 is 0 Å². The summed E-state index contributed by atoms with van der Waals surface area (Å²) in [6.07, 6.45) is 1.96. The Morgan fingerprint density at radius 1 is 1.08 bits per heavy atom. The third kappa shape index (κ3) is 3.00. The summed E-state index contributed by atoms with van der Waals surface area (Å²) in [7, 11) is 0. The maximum absolute atomic E-state index is 11.6. The molecule has 0 aliphatic rings. The highest BCUT2D eigenvalue weighted by Crippen LogP contribution is 2.25. The van der Waals surface area contributed by atoms with Gasteiger partial charge in [0, 0.05) is 29.6 Å². The van der Waals surface area contributed by atoms with Crippen molar-refractivity contribution in [3.05, 3.63) is 70.8 Å². The molecule has 3 rings (SSSR count). The van der Waals surface area contributed by atoms with E-state index in [-0.39, 0.29) is 5.88 Å². The van der Waals surface area contributed by atoms with Gasteiger partial charge in [0.15, 0.2) is 5.75 Å². The molecule has 2 heterocycles.